The second kappa shape index (κ2) is 7.85. The van der Waals surface area contributed by atoms with Gasteiger partial charge in [-0.05, 0) is 29.7 Å². The van der Waals surface area contributed by atoms with Crippen LogP contribution in [-0.2, 0) is 22.5 Å². The fourth-order valence-corrected chi connectivity index (χ4v) is 3.36. The third-order valence-corrected chi connectivity index (χ3v) is 4.80. The van der Waals surface area contributed by atoms with Crippen LogP contribution < -0.4 is 9.47 Å². The first-order chi connectivity index (χ1) is 11.7. The van der Waals surface area contributed by atoms with Crippen LogP contribution in [0.5, 0.6) is 11.5 Å². The number of hydrogen-bond donors (Lipinski definition) is 0. The van der Waals surface area contributed by atoms with Crippen LogP contribution >= 0.6 is 0 Å². The van der Waals surface area contributed by atoms with Gasteiger partial charge in [0.1, 0.15) is 0 Å². The quantitative estimate of drug-likeness (QED) is 0.813. The molecule has 0 radical (unpaired) electrons. The van der Waals surface area contributed by atoms with Gasteiger partial charge in [0.2, 0.25) is 5.91 Å². The van der Waals surface area contributed by atoms with Crippen molar-refractivity contribution in [2.45, 2.75) is 19.4 Å². The van der Waals surface area contributed by atoms with Crippen LogP contribution in [0.2, 0.25) is 0 Å². The SMILES string of the molecule is COc1cc2c(cc1OC)CN(CCC(=O)N1CCOCC1)CC2. The van der Waals surface area contributed by atoms with Crippen LogP contribution in [-0.4, -0.2) is 69.3 Å². The molecule has 1 saturated heterocycles. The summed E-state index contributed by atoms with van der Waals surface area (Å²) in [6, 6.07) is 4.13. The number of amides is 1. The molecule has 0 bridgehead atoms. The minimum absolute atomic E-state index is 0.233. The average molecular weight is 334 g/mol. The van der Waals surface area contributed by atoms with Crippen molar-refractivity contribution in [3.8, 4) is 11.5 Å². The fourth-order valence-electron chi connectivity index (χ4n) is 3.36. The maximum atomic E-state index is 12.3. The van der Waals surface area contributed by atoms with E-state index >= 15 is 0 Å². The zero-order valence-electron chi connectivity index (χ0n) is 14.5. The number of nitrogens with zero attached hydrogens (tertiary/aromatic N) is 2. The zero-order chi connectivity index (χ0) is 16.9. The van der Waals surface area contributed by atoms with Gasteiger partial charge in [0, 0.05) is 39.1 Å². The molecule has 6 nitrogen and oxygen atoms in total. The van der Waals surface area contributed by atoms with Gasteiger partial charge in [-0.2, -0.15) is 0 Å². The van der Waals surface area contributed by atoms with Crippen LogP contribution in [0.15, 0.2) is 12.1 Å². The van der Waals surface area contributed by atoms with E-state index in [4.69, 9.17) is 14.2 Å². The highest BCUT2D eigenvalue weighted by atomic mass is 16.5. The molecule has 1 fully saturated rings. The third kappa shape index (κ3) is 3.82. The maximum absolute atomic E-state index is 12.3. The van der Waals surface area contributed by atoms with Crippen LogP contribution in [0.25, 0.3) is 0 Å². The van der Waals surface area contributed by atoms with Crippen molar-refractivity contribution in [2.24, 2.45) is 0 Å². The van der Waals surface area contributed by atoms with Gasteiger partial charge in [0.05, 0.1) is 27.4 Å². The molecule has 3 rings (SSSR count). The summed E-state index contributed by atoms with van der Waals surface area (Å²) >= 11 is 0. The Labute approximate surface area is 143 Å². The zero-order valence-corrected chi connectivity index (χ0v) is 14.5. The van der Waals surface area contributed by atoms with E-state index < -0.39 is 0 Å². The predicted octanol–water partition coefficient (Wildman–Crippen LogP) is 1.31. The highest BCUT2D eigenvalue weighted by molar-refractivity contribution is 5.76. The number of morpholine rings is 1. The van der Waals surface area contributed by atoms with E-state index in [1.165, 1.54) is 11.1 Å². The molecular formula is C18H26N2O4. The Hall–Kier alpha value is -1.79. The van der Waals surface area contributed by atoms with Crippen LogP contribution in [0.4, 0.5) is 0 Å². The number of hydrogen-bond acceptors (Lipinski definition) is 5. The van der Waals surface area contributed by atoms with E-state index in [2.05, 4.69) is 17.0 Å². The van der Waals surface area contributed by atoms with Crippen molar-refractivity contribution >= 4 is 5.91 Å². The Morgan fingerprint density at radius 1 is 1.08 bits per heavy atom. The number of rotatable bonds is 5. The molecule has 0 aliphatic carbocycles. The molecule has 0 N–H and O–H groups in total. The molecule has 132 valence electrons. The molecule has 2 heterocycles. The van der Waals surface area contributed by atoms with Gasteiger partial charge >= 0.3 is 0 Å². The minimum atomic E-state index is 0.233. The van der Waals surface area contributed by atoms with Crippen molar-refractivity contribution in [2.75, 3.05) is 53.6 Å². The Morgan fingerprint density at radius 3 is 2.42 bits per heavy atom. The number of benzene rings is 1. The first-order valence-electron chi connectivity index (χ1n) is 8.53. The third-order valence-electron chi connectivity index (χ3n) is 4.80. The van der Waals surface area contributed by atoms with E-state index in [0.29, 0.717) is 19.6 Å². The summed E-state index contributed by atoms with van der Waals surface area (Å²) in [4.78, 5) is 16.5. The van der Waals surface area contributed by atoms with E-state index in [0.717, 1.165) is 50.6 Å². The number of methoxy groups -OCH3 is 2. The largest absolute Gasteiger partial charge is 0.493 e. The van der Waals surface area contributed by atoms with Crippen LogP contribution in [0, 0.1) is 0 Å². The topological polar surface area (TPSA) is 51.2 Å². The average Bonchev–Trinajstić information content (AvgIpc) is 2.65. The molecule has 6 heteroatoms. The lowest BCUT2D eigenvalue weighted by Crippen LogP contribution is -2.42. The van der Waals surface area contributed by atoms with Crippen molar-refractivity contribution < 1.29 is 19.0 Å². The Bertz CT molecular complexity index is 585. The van der Waals surface area contributed by atoms with Gasteiger partial charge < -0.3 is 19.1 Å². The van der Waals surface area contributed by atoms with Gasteiger partial charge in [-0.15, -0.1) is 0 Å². The Morgan fingerprint density at radius 2 is 1.75 bits per heavy atom. The molecule has 0 unspecified atom stereocenters. The maximum Gasteiger partial charge on any atom is 0.224 e. The first-order valence-corrected chi connectivity index (χ1v) is 8.53. The van der Waals surface area contributed by atoms with Gasteiger partial charge in [-0.25, -0.2) is 0 Å². The highest BCUT2D eigenvalue weighted by Gasteiger charge is 2.22. The molecule has 0 aromatic heterocycles. The fraction of sp³-hybridized carbons (Fsp3) is 0.611. The van der Waals surface area contributed by atoms with Gasteiger partial charge in [-0.3, -0.25) is 9.69 Å². The lowest BCUT2D eigenvalue weighted by Gasteiger charge is -2.31. The molecule has 0 atom stereocenters. The molecule has 0 spiro atoms. The highest BCUT2D eigenvalue weighted by Crippen LogP contribution is 2.33. The summed E-state index contributed by atoms with van der Waals surface area (Å²) in [6.07, 6.45) is 1.55. The summed E-state index contributed by atoms with van der Waals surface area (Å²) in [5, 5.41) is 0. The molecule has 1 amide bonds. The van der Waals surface area contributed by atoms with Crippen molar-refractivity contribution in [1.82, 2.24) is 9.80 Å². The summed E-state index contributed by atoms with van der Waals surface area (Å²) in [6.45, 7) is 5.38. The minimum Gasteiger partial charge on any atom is -0.493 e. The smallest absolute Gasteiger partial charge is 0.224 e. The van der Waals surface area contributed by atoms with Crippen LogP contribution in [0.1, 0.15) is 17.5 Å². The van der Waals surface area contributed by atoms with Gasteiger partial charge in [0.15, 0.2) is 11.5 Å². The normalized spacial score (nSPS) is 18.2. The lowest BCUT2D eigenvalue weighted by molar-refractivity contribution is -0.135. The second-order valence-corrected chi connectivity index (χ2v) is 6.25. The van der Waals surface area contributed by atoms with E-state index in [-0.39, 0.29) is 5.91 Å². The van der Waals surface area contributed by atoms with Crippen LogP contribution in [0.3, 0.4) is 0 Å². The molecule has 2 aliphatic rings. The number of carbonyl (C=O) groups excluding carboxylic acids is 1. The molecular weight excluding hydrogens is 308 g/mol. The Kier molecular flexibility index (Phi) is 5.58. The standard InChI is InChI=1S/C18H26N2O4/c1-22-16-11-14-3-5-19(13-15(14)12-17(16)23-2)6-4-18(21)20-7-9-24-10-8-20/h11-12H,3-10,13H2,1-2H3. The first kappa shape index (κ1) is 17.0. The van der Waals surface area contributed by atoms with E-state index in [1.54, 1.807) is 14.2 Å². The van der Waals surface area contributed by atoms with E-state index in [1.807, 2.05) is 4.90 Å². The van der Waals surface area contributed by atoms with Crippen molar-refractivity contribution in [1.29, 1.82) is 0 Å². The molecule has 1 aromatic rings. The van der Waals surface area contributed by atoms with Gasteiger partial charge in [0.25, 0.3) is 0 Å². The summed E-state index contributed by atoms with van der Waals surface area (Å²) in [5.74, 6) is 1.78. The monoisotopic (exact) mass is 334 g/mol. The number of carbonyl (C=O) groups is 1. The summed E-state index contributed by atoms with van der Waals surface area (Å²) < 4.78 is 16.1. The molecule has 1 aromatic carbocycles. The van der Waals surface area contributed by atoms with Crippen molar-refractivity contribution in [3.63, 3.8) is 0 Å². The molecule has 0 saturated carbocycles. The Balaban J connectivity index is 1.57. The molecule has 2 aliphatic heterocycles. The van der Waals surface area contributed by atoms with Crippen molar-refractivity contribution in [3.05, 3.63) is 23.3 Å². The number of fused-ring (bicyclic) bond motifs is 1. The lowest BCUT2D eigenvalue weighted by atomic mass is 9.98. The second-order valence-electron chi connectivity index (χ2n) is 6.25. The number of ether oxygens (including phenoxy) is 3. The van der Waals surface area contributed by atoms with Gasteiger partial charge in [-0.1, -0.05) is 0 Å². The van der Waals surface area contributed by atoms with E-state index in [9.17, 15) is 4.79 Å². The predicted molar refractivity (Wildman–Crippen MR) is 90.5 cm³/mol. The molecule has 24 heavy (non-hydrogen) atoms. The summed E-state index contributed by atoms with van der Waals surface area (Å²) in [7, 11) is 3.32. The summed E-state index contributed by atoms with van der Waals surface area (Å²) in [5.41, 5.74) is 2.57.